The predicted molar refractivity (Wildman–Crippen MR) is 51.6 cm³/mol. The molecule has 74 valence electrons. The van der Waals surface area contributed by atoms with Crippen LogP contribution >= 0.6 is 0 Å². The van der Waals surface area contributed by atoms with Gasteiger partial charge >= 0.3 is 0 Å². The second-order valence-electron chi connectivity index (χ2n) is 3.10. The Hall–Kier alpha value is -1.57. The van der Waals surface area contributed by atoms with E-state index in [1.54, 1.807) is 13.0 Å². The fraction of sp³-hybridized carbons (Fsp3) is 0.300. The Morgan fingerprint density at radius 2 is 2.21 bits per heavy atom. The summed E-state index contributed by atoms with van der Waals surface area (Å²) in [5.41, 5.74) is 6.56. The SMILES string of the molecule is Cc1cc(C(O)CN)cc(C#N)c1O. The Bertz CT molecular complexity index is 382. The highest BCUT2D eigenvalue weighted by Gasteiger charge is 2.11. The average Bonchev–Trinajstić information content (AvgIpc) is 2.20. The molecule has 0 aromatic heterocycles. The lowest BCUT2D eigenvalue weighted by Gasteiger charge is -2.10. The zero-order valence-electron chi connectivity index (χ0n) is 7.86. The molecule has 1 unspecified atom stereocenters. The number of phenolic OH excluding ortho intramolecular Hbond substituents is 1. The van der Waals surface area contributed by atoms with Gasteiger partial charge in [0.25, 0.3) is 0 Å². The average molecular weight is 192 g/mol. The van der Waals surface area contributed by atoms with Crippen molar-refractivity contribution in [3.63, 3.8) is 0 Å². The minimum absolute atomic E-state index is 0.0412. The van der Waals surface area contributed by atoms with Crippen molar-refractivity contribution in [1.29, 1.82) is 5.26 Å². The lowest BCUT2D eigenvalue weighted by molar-refractivity contribution is 0.186. The van der Waals surface area contributed by atoms with Crippen molar-refractivity contribution < 1.29 is 10.2 Å². The molecule has 1 aromatic rings. The fourth-order valence-electron chi connectivity index (χ4n) is 1.22. The molecule has 0 amide bonds. The van der Waals surface area contributed by atoms with E-state index >= 15 is 0 Å². The Labute approximate surface area is 82.2 Å². The van der Waals surface area contributed by atoms with Crippen molar-refractivity contribution in [2.75, 3.05) is 6.54 Å². The summed E-state index contributed by atoms with van der Waals surface area (Å²) in [5.74, 6) is -0.0412. The quantitative estimate of drug-likeness (QED) is 0.638. The number of hydrogen-bond acceptors (Lipinski definition) is 4. The van der Waals surface area contributed by atoms with Crippen LogP contribution in [0.25, 0.3) is 0 Å². The van der Waals surface area contributed by atoms with Gasteiger partial charge in [-0.2, -0.15) is 5.26 Å². The molecule has 4 N–H and O–H groups in total. The van der Waals surface area contributed by atoms with E-state index in [1.807, 2.05) is 6.07 Å². The maximum Gasteiger partial charge on any atom is 0.136 e. The third kappa shape index (κ3) is 1.84. The predicted octanol–water partition coefficient (Wildman–Crippen LogP) is 0.564. The molecule has 0 saturated carbocycles. The first-order valence-corrected chi connectivity index (χ1v) is 4.22. The number of nitrogens with two attached hydrogens (primary N) is 1. The summed E-state index contributed by atoms with van der Waals surface area (Å²) in [5, 5.41) is 27.6. The van der Waals surface area contributed by atoms with Gasteiger partial charge < -0.3 is 15.9 Å². The number of rotatable bonds is 2. The molecule has 4 heteroatoms. The highest BCUT2D eigenvalue weighted by Crippen LogP contribution is 2.25. The van der Waals surface area contributed by atoms with Crippen molar-refractivity contribution in [2.24, 2.45) is 5.73 Å². The van der Waals surface area contributed by atoms with Crippen LogP contribution in [0.2, 0.25) is 0 Å². The Kier molecular flexibility index (Phi) is 3.07. The van der Waals surface area contributed by atoms with Crippen molar-refractivity contribution >= 4 is 0 Å². The van der Waals surface area contributed by atoms with E-state index in [0.29, 0.717) is 11.1 Å². The van der Waals surface area contributed by atoms with E-state index in [0.717, 1.165) is 0 Å². The van der Waals surface area contributed by atoms with Gasteiger partial charge in [0, 0.05) is 6.54 Å². The van der Waals surface area contributed by atoms with Crippen LogP contribution in [0.15, 0.2) is 12.1 Å². The van der Waals surface area contributed by atoms with Gasteiger partial charge in [-0.3, -0.25) is 0 Å². The van der Waals surface area contributed by atoms with Crippen LogP contribution < -0.4 is 5.73 Å². The molecule has 14 heavy (non-hydrogen) atoms. The van der Waals surface area contributed by atoms with E-state index in [2.05, 4.69) is 0 Å². The number of aliphatic hydroxyl groups is 1. The molecule has 0 spiro atoms. The molecule has 0 heterocycles. The van der Waals surface area contributed by atoms with Gasteiger partial charge in [-0.05, 0) is 30.2 Å². The molecule has 0 radical (unpaired) electrons. The normalized spacial score (nSPS) is 12.1. The van der Waals surface area contributed by atoms with E-state index in [4.69, 9.17) is 11.0 Å². The van der Waals surface area contributed by atoms with Crippen LogP contribution in [0.3, 0.4) is 0 Å². The molecule has 0 saturated heterocycles. The van der Waals surface area contributed by atoms with Gasteiger partial charge in [0.05, 0.1) is 11.7 Å². The number of hydrogen-bond donors (Lipinski definition) is 3. The summed E-state index contributed by atoms with van der Waals surface area (Å²) < 4.78 is 0. The number of phenols is 1. The van der Waals surface area contributed by atoms with Gasteiger partial charge in [-0.25, -0.2) is 0 Å². The van der Waals surface area contributed by atoms with Crippen molar-refractivity contribution in [3.8, 4) is 11.8 Å². The standard InChI is InChI=1S/C10H12N2O2/c1-6-2-7(9(13)5-12)3-8(4-11)10(6)14/h2-3,9,13-14H,5,12H2,1H3. The molecule has 0 bridgehead atoms. The molecule has 4 nitrogen and oxygen atoms in total. The van der Waals surface area contributed by atoms with Crippen LogP contribution in [0, 0.1) is 18.3 Å². The third-order valence-corrected chi connectivity index (χ3v) is 2.05. The molecule has 0 aliphatic heterocycles. The monoisotopic (exact) mass is 192 g/mol. The van der Waals surface area contributed by atoms with E-state index < -0.39 is 6.10 Å². The molecule has 1 aromatic carbocycles. The minimum Gasteiger partial charge on any atom is -0.506 e. The summed E-state index contributed by atoms with van der Waals surface area (Å²) in [4.78, 5) is 0. The fourth-order valence-corrected chi connectivity index (χ4v) is 1.22. The summed E-state index contributed by atoms with van der Waals surface area (Å²) in [6.45, 7) is 1.76. The molecule has 0 aliphatic rings. The lowest BCUT2D eigenvalue weighted by atomic mass is 10.0. The first-order valence-electron chi connectivity index (χ1n) is 4.22. The molecular weight excluding hydrogens is 180 g/mol. The van der Waals surface area contributed by atoms with Crippen LogP contribution in [-0.4, -0.2) is 16.8 Å². The third-order valence-electron chi connectivity index (χ3n) is 2.05. The van der Waals surface area contributed by atoms with Crippen molar-refractivity contribution in [3.05, 3.63) is 28.8 Å². The largest absolute Gasteiger partial charge is 0.506 e. The van der Waals surface area contributed by atoms with E-state index in [1.165, 1.54) is 6.07 Å². The number of benzene rings is 1. The Morgan fingerprint density at radius 3 is 2.71 bits per heavy atom. The Morgan fingerprint density at radius 1 is 1.57 bits per heavy atom. The molecule has 1 rings (SSSR count). The van der Waals surface area contributed by atoms with Crippen molar-refractivity contribution in [2.45, 2.75) is 13.0 Å². The van der Waals surface area contributed by atoms with E-state index in [-0.39, 0.29) is 17.9 Å². The Balaban J connectivity index is 3.24. The van der Waals surface area contributed by atoms with Crippen LogP contribution in [-0.2, 0) is 0 Å². The number of nitrogens with zero attached hydrogens (tertiary/aromatic N) is 1. The maximum atomic E-state index is 9.45. The van der Waals surface area contributed by atoms with Gasteiger partial charge in [-0.15, -0.1) is 0 Å². The first-order chi connectivity index (χ1) is 6.60. The van der Waals surface area contributed by atoms with Gasteiger partial charge in [0.1, 0.15) is 11.8 Å². The number of aliphatic hydroxyl groups excluding tert-OH is 1. The van der Waals surface area contributed by atoms with Gasteiger partial charge in [-0.1, -0.05) is 0 Å². The number of aryl methyl sites for hydroxylation is 1. The van der Waals surface area contributed by atoms with Gasteiger partial charge in [0.2, 0.25) is 0 Å². The highest BCUT2D eigenvalue weighted by atomic mass is 16.3. The summed E-state index contributed by atoms with van der Waals surface area (Å²) >= 11 is 0. The zero-order valence-corrected chi connectivity index (χ0v) is 7.86. The minimum atomic E-state index is -0.790. The number of nitriles is 1. The highest BCUT2D eigenvalue weighted by molar-refractivity contribution is 5.49. The summed E-state index contributed by atoms with van der Waals surface area (Å²) in [6.07, 6.45) is -0.790. The number of aromatic hydroxyl groups is 1. The van der Waals surface area contributed by atoms with Gasteiger partial charge in [0.15, 0.2) is 0 Å². The zero-order chi connectivity index (χ0) is 10.7. The summed E-state index contributed by atoms with van der Waals surface area (Å²) in [6, 6.07) is 4.92. The van der Waals surface area contributed by atoms with Crippen LogP contribution in [0.4, 0.5) is 0 Å². The topological polar surface area (TPSA) is 90.3 Å². The second kappa shape index (κ2) is 4.09. The van der Waals surface area contributed by atoms with Crippen molar-refractivity contribution in [1.82, 2.24) is 0 Å². The first kappa shape index (κ1) is 10.5. The van der Waals surface area contributed by atoms with Crippen LogP contribution in [0.5, 0.6) is 5.75 Å². The molecule has 0 fully saturated rings. The smallest absolute Gasteiger partial charge is 0.136 e. The second-order valence-corrected chi connectivity index (χ2v) is 3.10. The summed E-state index contributed by atoms with van der Waals surface area (Å²) in [7, 11) is 0. The molecule has 0 aliphatic carbocycles. The molecule has 1 atom stereocenters. The maximum absolute atomic E-state index is 9.45. The lowest BCUT2D eigenvalue weighted by Crippen LogP contribution is -2.11. The molecular formula is C10H12N2O2. The van der Waals surface area contributed by atoms with E-state index in [9.17, 15) is 10.2 Å². The van der Waals surface area contributed by atoms with Crippen LogP contribution in [0.1, 0.15) is 22.8 Å².